The van der Waals surface area contributed by atoms with E-state index in [2.05, 4.69) is 11.6 Å². The molecule has 1 spiro atoms. The van der Waals surface area contributed by atoms with Crippen LogP contribution in [-0.2, 0) is 20.8 Å². The van der Waals surface area contributed by atoms with E-state index in [1.165, 1.54) is 0 Å². The second kappa shape index (κ2) is 7.86. The predicted molar refractivity (Wildman–Crippen MR) is 104 cm³/mol. The molecule has 2 saturated heterocycles. The van der Waals surface area contributed by atoms with Crippen molar-refractivity contribution >= 4 is 17.5 Å². The van der Waals surface area contributed by atoms with E-state index < -0.39 is 17.0 Å². The Morgan fingerprint density at radius 2 is 1.85 bits per heavy atom. The van der Waals surface area contributed by atoms with Crippen LogP contribution in [0.25, 0.3) is 0 Å². The van der Waals surface area contributed by atoms with E-state index in [0.717, 1.165) is 12.8 Å². The van der Waals surface area contributed by atoms with Crippen LogP contribution in [0.15, 0.2) is 0 Å². The summed E-state index contributed by atoms with van der Waals surface area (Å²) in [4.78, 5) is 14.1. The highest BCUT2D eigenvalue weighted by Crippen LogP contribution is 2.46. The average Bonchev–Trinajstić information content (AvgIpc) is 2.79. The van der Waals surface area contributed by atoms with Crippen molar-refractivity contribution in [2.75, 3.05) is 26.2 Å². The second-order valence-corrected chi connectivity index (χ2v) is 11.7. The first-order chi connectivity index (χ1) is 11.8. The molecule has 1 amide bonds. The molecular weight excluding hydrogens is 352 g/mol. The number of hydrogen-bond donors (Lipinski definition) is 1. The maximum absolute atomic E-state index is 12.4. The van der Waals surface area contributed by atoms with Gasteiger partial charge >= 0.3 is 6.09 Å². The van der Waals surface area contributed by atoms with Crippen molar-refractivity contribution in [1.29, 1.82) is 0 Å². The third-order valence-electron chi connectivity index (χ3n) is 5.39. The Kier molecular flexibility index (Phi) is 6.59. The van der Waals surface area contributed by atoms with Gasteiger partial charge in [-0.15, -0.1) is 4.72 Å². The van der Waals surface area contributed by atoms with Gasteiger partial charge in [-0.1, -0.05) is 0 Å². The highest BCUT2D eigenvalue weighted by molar-refractivity contribution is 7.90. The van der Waals surface area contributed by atoms with E-state index >= 15 is 0 Å². The van der Waals surface area contributed by atoms with Crippen molar-refractivity contribution in [3.63, 3.8) is 0 Å². The molecule has 0 radical (unpaired) electrons. The number of nitrogens with one attached hydrogen (secondary N) is 1. The molecule has 7 heteroatoms. The lowest BCUT2D eigenvalue weighted by molar-refractivity contribution is 0.00407. The fourth-order valence-electron chi connectivity index (χ4n) is 3.76. The van der Waals surface area contributed by atoms with Crippen LogP contribution in [0.3, 0.4) is 0 Å². The minimum atomic E-state index is -1.09. The number of hydrogen-bond acceptors (Lipinski definition) is 5. The van der Waals surface area contributed by atoms with Crippen molar-refractivity contribution in [2.24, 2.45) is 11.3 Å². The Hall–Kier alpha value is -0.500. The highest BCUT2D eigenvalue weighted by atomic mass is 32.2. The van der Waals surface area contributed by atoms with E-state index in [-0.39, 0.29) is 22.4 Å². The summed E-state index contributed by atoms with van der Waals surface area (Å²) in [5, 5.41) is 0. The van der Waals surface area contributed by atoms with Crippen LogP contribution in [-0.4, -0.2) is 58.2 Å². The first-order valence-electron chi connectivity index (χ1n) is 9.59. The van der Waals surface area contributed by atoms with Gasteiger partial charge in [0.2, 0.25) is 0 Å². The van der Waals surface area contributed by atoms with E-state index in [4.69, 9.17) is 9.47 Å². The van der Waals surface area contributed by atoms with Crippen LogP contribution in [0.4, 0.5) is 4.79 Å². The third kappa shape index (κ3) is 5.27. The van der Waals surface area contributed by atoms with Crippen LogP contribution in [0, 0.1) is 11.3 Å². The number of ether oxygens (including phenoxy) is 2. The largest absolute Gasteiger partial charge is 0.598 e. The zero-order valence-electron chi connectivity index (χ0n) is 17.4. The summed E-state index contributed by atoms with van der Waals surface area (Å²) in [6, 6.07) is 0. The molecule has 0 aromatic rings. The summed E-state index contributed by atoms with van der Waals surface area (Å²) in [7, 11) is 0. The fraction of sp³-hybridized carbons (Fsp3) is 0.947. The van der Waals surface area contributed by atoms with Gasteiger partial charge in [-0.2, -0.15) is 0 Å². The Balaban J connectivity index is 1.95. The molecule has 3 atom stereocenters. The summed E-state index contributed by atoms with van der Waals surface area (Å²) in [5.74, 6) is 0.301. The molecule has 0 bridgehead atoms. The van der Waals surface area contributed by atoms with Gasteiger partial charge in [0.15, 0.2) is 0 Å². The monoisotopic (exact) mass is 388 g/mol. The van der Waals surface area contributed by atoms with Gasteiger partial charge in [-0.05, 0) is 61.3 Å². The minimum absolute atomic E-state index is 0.0486. The molecule has 0 aliphatic carbocycles. The van der Waals surface area contributed by atoms with Crippen LogP contribution in [0.1, 0.15) is 61.3 Å². The van der Waals surface area contributed by atoms with Crippen molar-refractivity contribution in [3.05, 3.63) is 0 Å². The summed E-state index contributed by atoms with van der Waals surface area (Å²) >= 11 is -1.09. The Bertz CT molecular complexity index is 493. The number of rotatable bonds is 3. The predicted octanol–water partition coefficient (Wildman–Crippen LogP) is 3.09. The third-order valence-corrected chi connectivity index (χ3v) is 6.93. The normalized spacial score (nSPS) is 27.6. The van der Waals surface area contributed by atoms with E-state index in [1.807, 2.05) is 41.5 Å². The lowest BCUT2D eigenvalue weighted by Gasteiger charge is -2.42. The lowest BCUT2D eigenvalue weighted by Crippen LogP contribution is -2.51. The number of nitrogens with zero attached hydrogens (tertiary/aromatic N) is 1. The molecule has 1 N–H and O–H groups in total. The van der Waals surface area contributed by atoms with Crippen molar-refractivity contribution in [3.8, 4) is 0 Å². The van der Waals surface area contributed by atoms with Crippen molar-refractivity contribution in [1.82, 2.24) is 9.62 Å². The van der Waals surface area contributed by atoms with Crippen LogP contribution in [0.2, 0.25) is 0 Å². The molecule has 2 rings (SSSR count). The first-order valence-corrected chi connectivity index (χ1v) is 10.7. The van der Waals surface area contributed by atoms with E-state index in [0.29, 0.717) is 32.2 Å². The molecule has 2 aliphatic rings. The molecule has 2 heterocycles. The van der Waals surface area contributed by atoms with Crippen LogP contribution in [0.5, 0.6) is 0 Å². The standard InChI is InChI=1S/C19H36N2O4S/c1-14-15(12-20-26(23)18(5,6)7)19(13-24-14)8-10-21(11-9-19)16(22)25-17(2,3)4/h14-15,20H,8-13H2,1-7H3/t14-,15+,26?/m0/s1. The topological polar surface area (TPSA) is 73.9 Å². The second-order valence-electron chi connectivity index (χ2n) is 9.68. The fourth-order valence-corrected chi connectivity index (χ4v) is 4.52. The van der Waals surface area contributed by atoms with Gasteiger partial charge < -0.3 is 18.9 Å². The Morgan fingerprint density at radius 1 is 1.27 bits per heavy atom. The molecule has 0 aromatic carbocycles. The molecule has 2 fully saturated rings. The quantitative estimate of drug-likeness (QED) is 0.752. The molecule has 1 unspecified atom stereocenters. The van der Waals surface area contributed by atoms with E-state index in [9.17, 15) is 9.35 Å². The summed E-state index contributed by atoms with van der Waals surface area (Å²) in [6.45, 7) is 16.4. The number of piperidine rings is 1. The number of carbonyl (C=O) groups is 1. The molecule has 6 nitrogen and oxygen atoms in total. The number of likely N-dealkylation sites (tertiary alicyclic amines) is 1. The average molecular weight is 389 g/mol. The molecule has 2 aliphatic heterocycles. The minimum Gasteiger partial charge on any atom is -0.598 e. The highest BCUT2D eigenvalue weighted by Gasteiger charge is 2.50. The Morgan fingerprint density at radius 3 is 2.35 bits per heavy atom. The van der Waals surface area contributed by atoms with Gasteiger partial charge in [-0.25, -0.2) is 4.79 Å². The summed E-state index contributed by atoms with van der Waals surface area (Å²) < 4.78 is 26.8. The first kappa shape index (κ1) is 21.8. The molecule has 152 valence electrons. The van der Waals surface area contributed by atoms with Crippen LogP contribution < -0.4 is 4.72 Å². The Labute approximate surface area is 161 Å². The van der Waals surface area contributed by atoms with Gasteiger partial charge in [0.1, 0.15) is 10.3 Å². The molecule has 0 saturated carbocycles. The molecule has 26 heavy (non-hydrogen) atoms. The molecule has 0 aromatic heterocycles. The van der Waals surface area contributed by atoms with Gasteiger partial charge in [0.05, 0.1) is 12.7 Å². The van der Waals surface area contributed by atoms with Gasteiger partial charge in [0.25, 0.3) is 0 Å². The van der Waals surface area contributed by atoms with Crippen molar-refractivity contribution < 1.29 is 18.8 Å². The SMILES string of the molecule is C[C@@H]1OCC2(CCN(C(=O)OC(C)(C)C)CC2)[C@@H]1CN[S+]([O-])C(C)(C)C. The maximum atomic E-state index is 12.4. The summed E-state index contributed by atoms with van der Waals surface area (Å²) in [6.07, 6.45) is 1.69. The number of carbonyl (C=O) groups excluding carboxylic acids is 1. The van der Waals surface area contributed by atoms with Gasteiger partial charge in [0, 0.05) is 42.3 Å². The zero-order chi connectivity index (χ0) is 19.8. The van der Waals surface area contributed by atoms with Gasteiger partial charge in [-0.3, -0.25) is 0 Å². The number of amides is 1. The van der Waals surface area contributed by atoms with Crippen molar-refractivity contribution in [2.45, 2.75) is 77.8 Å². The molecular formula is C19H36N2O4S. The summed E-state index contributed by atoms with van der Waals surface area (Å²) in [5.41, 5.74) is -0.423. The van der Waals surface area contributed by atoms with E-state index in [1.54, 1.807) is 4.90 Å². The maximum Gasteiger partial charge on any atom is 0.410 e. The smallest absolute Gasteiger partial charge is 0.410 e. The zero-order valence-corrected chi connectivity index (χ0v) is 18.2. The lowest BCUT2D eigenvalue weighted by atomic mass is 9.69. The van der Waals surface area contributed by atoms with Crippen LogP contribution >= 0.6 is 0 Å².